The van der Waals surface area contributed by atoms with Crippen LogP contribution in [0.4, 0.5) is 0 Å². The molecule has 11 heavy (non-hydrogen) atoms. The van der Waals surface area contributed by atoms with Crippen LogP contribution in [0.15, 0.2) is 11.6 Å². The maximum atomic E-state index is 3.32. The highest BCUT2D eigenvalue weighted by Crippen LogP contribution is 2.23. The lowest BCUT2D eigenvalue weighted by Gasteiger charge is -2.23. The third-order valence-corrected chi connectivity index (χ3v) is 2.60. The van der Waals surface area contributed by atoms with E-state index in [0.717, 1.165) is 12.0 Å². The molecule has 1 heteroatoms. The summed E-state index contributed by atoms with van der Waals surface area (Å²) in [6.07, 6.45) is 6.25. The molecule has 0 spiro atoms. The fourth-order valence-electron chi connectivity index (χ4n) is 1.64. The van der Waals surface area contributed by atoms with Gasteiger partial charge in [0, 0.05) is 6.04 Å². The van der Waals surface area contributed by atoms with Crippen LogP contribution in [-0.4, -0.2) is 13.1 Å². The number of nitrogens with one attached hydrogen (secondary N) is 1. The van der Waals surface area contributed by atoms with Crippen LogP contribution in [0.2, 0.25) is 0 Å². The largest absolute Gasteiger partial charge is 0.317 e. The van der Waals surface area contributed by atoms with Gasteiger partial charge in [0.25, 0.3) is 0 Å². The highest BCUT2D eigenvalue weighted by atomic mass is 14.9. The molecule has 64 valence electrons. The summed E-state index contributed by atoms with van der Waals surface area (Å²) in [6.45, 7) is 4.57. The molecule has 0 aromatic heterocycles. The minimum Gasteiger partial charge on any atom is -0.317 e. The Balaban J connectivity index is 2.44. The van der Waals surface area contributed by atoms with Gasteiger partial charge in [0.15, 0.2) is 0 Å². The molecule has 1 aliphatic carbocycles. The topological polar surface area (TPSA) is 12.0 Å². The zero-order valence-electron chi connectivity index (χ0n) is 7.85. The van der Waals surface area contributed by atoms with Crippen LogP contribution in [0.3, 0.4) is 0 Å². The Morgan fingerprint density at radius 1 is 1.55 bits per heavy atom. The fraction of sp³-hybridized carbons (Fsp3) is 0.800. The van der Waals surface area contributed by atoms with Crippen LogP contribution in [-0.2, 0) is 0 Å². The zero-order valence-corrected chi connectivity index (χ0v) is 7.85. The molecule has 0 aromatic carbocycles. The minimum absolute atomic E-state index is 0.734. The summed E-state index contributed by atoms with van der Waals surface area (Å²) in [5, 5.41) is 3.32. The van der Waals surface area contributed by atoms with Gasteiger partial charge in [0.2, 0.25) is 0 Å². The van der Waals surface area contributed by atoms with Crippen molar-refractivity contribution < 1.29 is 0 Å². The Morgan fingerprint density at radius 3 is 2.64 bits per heavy atom. The molecule has 1 rings (SSSR count). The third-order valence-electron chi connectivity index (χ3n) is 2.60. The van der Waals surface area contributed by atoms with Gasteiger partial charge in [0.1, 0.15) is 0 Å². The first-order valence-electron chi connectivity index (χ1n) is 4.60. The van der Waals surface area contributed by atoms with Crippen molar-refractivity contribution in [2.75, 3.05) is 7.05 Å². The molecule has 1 atom stereocenters. The smallest absolute Gasteiger partial charge is 0.0102 e. The van der Waals surface area contributed by atoms with E-state index in [2.05, 4.69) is 32.3 Å². The van der Waals surface area contributed by atoms with Gasteiger partial charge in [-0.2, -0.15) is 0 Å². The summed E-state index contributed by atoms with van der Waals surface area (Å²) in [5.41, 5.74) is 1.65. The minimum atomic E-state index is 0.734. The highest BCUT2D eigenvalue weighted by molar-refractivity contribution is 5.09. The lowest BCUT2D eigenvalue weighted by Crippen LogP contribution is -2.27. The van der Waals surface area contributed by atoms with Crippen molar-refractivity contribution in [2.45, 2.75) is 39.2 Å². The van der Waals surface area contributed by atoms with Crippen molar-refractivity contribution in [1.82, 2.24) is 5.32 Å². The number of hydrogen-bond donors (Lipinski definition) is 1. The van der Waals surface area contributed by atoms with E-state index in [4.69, 9.17) is 0 Å². The van der Waals surface area contributed by atoms with Crippen molar-refractivity contribution in [2.24, 2.45) is 5.92 Å². The van der Waals surface area contributed by atoms with Gasteiger partial charge in [-0.05, 0) is 32.2 Å². The van der Waals surface area contributed by atoms with E-state index in [1.165, 1.54) is 19.3 Å². The van der Waals surface area contributed by atoms with Gasteiger partial charge in [-0.15, -0.1) is 0 Å². The van der Waals surface area contributed by atoms with Crippen LogP contribution in [0.25, 0.3) is 0 Å². The molecular weight excluding hydrogens is 134 g/mol. The Morgan fingerprint density at radius 2 is 2.27 bits per heavy atom. The number of rotatable bonds is 2. The van der Waals surface area contributed by atoms with Crippen LogP contribution in [0.5, 0.6) is 0 Å². The van der Waals surface area contributed by atoms with Crippen LogP contribution in [0, 0.1) is 5.92 Å². The predicted octanol–water partition coefficient (Wildman–Crippen LogP) is 2.34. The standard InChI is InChI=1S/C10H19N/c1-8(2)9-4-6-10(11-3)7-5-9/h4,8,10-11H,5-7H2,1-3H3/t10-/m1/s1. The van der Waals surface area contributed by atoms with Crippen LogP contribution in [0.1, 0.15) is 33.1 Å². The van der Waals surface area contributed by atoms with Gasteiger partial charge in [0.05, 0.1) is 0 Å². The SMILES string of the molecule is CN[C@@H]1CC=C(C(C)C)CC1. The summed E-state index contributed by atoms with van der Waals surface area (Å²) in [7, 11) is 2.05. The Hall–Kier alpha value is -0.300. The summed E-state index contributed by atoms with van der Waals surface area (Å²) >= 11 is 0. The summed E-state index contributed by atoms with van der Waals surface area (Å²) in [5.74, 6) is 0.757. The molecule has 0 aliphatic heterocycles. The number of hydrogen-bond acceptors (Lipinski definition) is 1. The van der Waals surface area contributed by atoms with E-state index in [-0.39, 0.29) is 0 Å². The molecule has 0 radical (unpaired) electrons. The lowest BCUT2D eigenvalue weighted by atomic mass is 9.89. The van der Waals surface area contributed by atoms with E-state index >= 15 is 0 Å². The van der Waals surface area contributed by atoms with E-state index in [1.807, 2.05) is 0 Å². The second-order valence-corrected chi connectivity index (χ2v) is 3.69. The number of allylic oxidation sites excluding steroid dienone is 1. The molecule has 0 saturated heterocycles. The average molecular weight is 153 g/mol. The van der Waals surface area contributed by atoms with Crippen molar-refractivity contribution in [3.8, 4) is 0 Å². The zero-order chi connectivity index (χ0) is 8.27. The maximum Gasteiger partial charge on any atom is 0.0102 e. The molecule has 0 heterocycles. The Bertz CT molecular complexity index is 147. The van der Waals surface area contributed by atoms with E-state index in [9.17, 15) is 0 Å². The molecule has 0 fully saturated rings. The first-order chi connectivity index (χ1) is 5.24. The molecule has 0 bridgehead atoms. The first-order valence-corrected chi connectivity index (χ1v) is 4.60. The summed E-state index contributed by atoms with van der Waals surface area (Å²) in [4.78, 5) is 0. The van der Waals surface area contributed by atoms with E-state index in [0.29, 0.717) is 0 Å². The Kier molecular flexibility index (Phi) is 3.13. The second-order valence-electron chi connectivity index (χ2n) is 3.69. The van der Waals surface area contributed by atoms with E-state index in [1.54, 1.807) is 5.57 Å². The monoisotopic (exact) mass is 153 g/mol. The second kappa shape index (κ2) is 3.91. The molecule has 0 amide bonds. The molecule has 1 N–H and O–H groups in total. The molecular formula is C10H19N. The Labute approximate surface area is 69.9 Å². The molecule has 0 unspecified atom stereocenters. The van der Waals surface area contributed by atoms with E-state index < -0.39 is 0 Å². The van der Waals surface area contributed by atoms with Gasteiger partial charge >= 0.3 is 0 Å². The summed E-state index contributed by atoms with van der Waals surface area (Å²) in [6, 6.07) is 0.734. The summed E-state index contributed by atoms with van der Waals surface area (Å²) < 4.78 is 0. The molecule has 0 saturated carbocycles. The molecule has 1 nitrogen and oxygen atoms in total. The lowest BCUT2D eigenvalue weighted by molar-refractivity contribution is 0.487. The maximum absolute atomic E-state index is 3.32. The van der Waals surface area contributed by atoms with Crippen molar-refractivity contribution in [3.05, 3.63) is 11.6 Å². The van der Waals surface area contributed by atoms with Crippen molar-refractivity contribution in [3.63, 3.8) is 0 Å². The van der Waals surface area contributed by atoms with Gasteiger partial charge in [-0.3, -0.25) is 0 Å². The van der Waals surface area contributed by atoms with Gasteiger partial charge in [-0.1, -0.05) is 25.5 Å². The van der Waals surface area contributed by atoms with Gasteiger partial charge in [-0.25, -0.2) is 0 Å². The van der Waals surface area contributed by atoms with Crippen LogP contribution >= 0.6 is 0 Å². The van der Waals surface area contributed by atoms with Crippen molar-refractivity contribution >= 4 is 0 Å². The fourth-order valence-corrected chi connectivity index (χ4v) is 1.64. The first kappa shape index (κ1) is 8.79. The highest BCUT2D eigenvalue weighted by Gasteiger charge is 2.13. The molecule has 0 aromatic rings. The van der Waals surface area contributed by atoms with Crippen molar-refractivity contribution in [1.29, 1.82) is 0 Å². The predicted molar refractivity (Wildman–Crippen MR) is 49.6 cm³/mol. The third kappa shape index (κ3) is 2.33. The average Bonchev–Trinajstić information content (AvgIpc) is 2.05. The quantitative estimate of drug-likeness (QED) is 0.600. The van der Waals surface area contributed by atoms with Gasteiger partial charge < -0.3 is 5.32 Å². The molecule has 1 aliphatic rings. The van der Waals surface area contributed by atoms with Crippen LogP contribution < -0.4 is 5.32 Å². The normalized spacial score (nSPS) is 25.5.